The van der Waals surface area contributed by atoms with Gasteiger partial charge in [-0.1, -0.05) is 23.2 Å². The molecule has 1 saturated heterocycles. The maximum atomic E-state index is 12.3. The molecule has 3 rings (SSSR count). The number of carbonyl (C=O) groups excluding carboxylic acids is 1. The maximum Gasteiger partial charge on any atom is 0.226 e. The first-order valence-corrected chi connectivity index (χ1v) is 7.30. The molecule has 0 spiro atoms. The molecular weight excluding hydrogens is 283 g/mol. The lowest BCUT2D eigenvalue weighted by Crippen LogP contribution is -2.33. The summed E-state index contributed by atoms with van der Waals surface area (Å²) in [5.74, 6) is 0.578. The van der Waals surface area contributed by atoms with Gasteiger partial charge in [-0.2, -0.15) is 0 Å². The Bertz CT molecular complexity index is 500. The molecule has 1 saturated carbocycles. The Hall–Kier alpha value is -0.770. The van der Waals surface area contributed by atoms with E-state index in [1.54, 1.807) is 6.07 Å². The molecule has 19 heavy (non-hydrogen) atoms. The Balaban J connectivity index is 1.69. The van der Waals surface area contributed by atoms with Gasteiger partial charge in [0.15, 0.2) is 0 Å². The number of hydrogen-bond acceptors (Lipinski definition) is 2. The Morgan fingerprint density at radius 2 is 1.95 bits per heavy atom. The average Bonchev–Trinajstić information content (AvgIpc) is 3.03. The Morgan fingerprint density at radius 1 is 1.26 bits per heavy atom. The number of hydrogen-bond donors (Lipinski definition) is 1. The van der Waals surface area contributed by atoms with Crippen molar-refractivity contribution < 1.29 is 4.79 Å². The van der Waals surface area contributed by atoms with Gasteiger partial charge in [-0.05, 0) is 42.5 Å². The molecule has 1 heterocycles. The number of nitrogens with zero attached hydrogens (tertiary/aromatic N) is 1. The first kappa shape index (κ1) is 13.2. The second-order valence-electron chi connectivity index (χ2n) is 5.48. The summed E-state index contributed by atoms with van der Waals surface area (Å²) in [4.78, 5) is 14.2. The maximum absolute atomic E-state index is 12.3. The zero-order valence-corrected chi connectivity index (χ0v) is 12.0. The minimum absolute atomic E-state index is 0.0832. The van der Waals surface area contributed by atoms with Crippen LogP contribution in [0.2, 0.25) is 10.0 Å². The van der Waals surface area contributed by atoms with E-state index in [9.17, 15) is 4.79 Å². The van der Waals surface area contributed by atoms with Crippen molar-refractivity contribution in [2.24, 2.45) is 11.7 Å². The van der Waals surface area contributed by atoms with E-state index >= 15 is 0 Å². The number of rotatable bonds is 2. The average molecular weight is 299 g/mol. The van der Waals surface area contributed by atoms with Gasteiger partial charge in [-0.25, -0.2) is 0 Å². The molecule has 102 valence electrons. The van der Waals surface area contributed by atoms with Crippen LogP contribution in [0.15, 0.2) is 18.2 Å². The third-order valence-corrected chi connectivity index (χ3v) is 4.39. The predicted molar refractivity (Wildman–Crippen MR) is 76.5 cm³/mol. The third-order valence-electron chi connectivity index (χ3n) is 3.96. The lowest BCUT2D eigenvalue weighted by Gasteiger charge is -2.15. The summed E-state index contributed by atoms with van der Waals surface area (Å²) in [6.07, 6.45) is 1.80. The van der Waals surface area contributed by atoms with E-state index in [0.29, 0.717) is 16.6 Å². The summed E-state index contributed by atoms with van der Waals surface area (Å²) in [7, 11) is 0. The number of benzene rings is 1. The minimum atomic E-state index is 0.0832. The van der Waals surface area contributed by atoms with Crippen LogP contribution in [0, 0.1) is 5.92 Å². The normalized spacial score (nSPS) is 29.6. The molecule has 1 aromatic carbocycles. The fourth-order valence-corrected chi connectivity index (χ4v) is 3.39. The first-order valence-electron chi connectivity index (χ1n) is 6.55. The van der Waals surface area contributed by atoms with E-state index in [-0.39, 0.29) is 23.8 Å². The lowest BCUT2D eigenvalue weighted by molar-refractivity contribution is -0.131. The van der Waals surface area contributed by atoms with Crippen molar-refractivity contribution in [2.45, 2.75) is 24.8 Å². The zero-order valence-electron chi connectivity index (χ0n) is 10.5. The van der Waals surface area contributed by atoms with Crippen molar-refractivity contribution in [3.05, 3.63) is 33.8 Å². The molecule has 1 aliphatic heterocycles. The number of carbonyl (C=O) groups is 1. The summed E-state index contributed by atoms with van der Waals surface area (Å²) in [6.45, 7) is 1.48. The highest BCUT2D eigenvalue weighted by Gasteiger charge is 2.46. The first-order chi connectivity index (χ1) is 9.04. The standard InChI is InChI=1S/C14H16Cl2N2O/c15-9-3-8(4-10(16)5-9)12-6-13(12)14(19)18-2-1-11(17)7-18/h3-5,11-13H,1-2,6-7,17H2/t11-,12?,13?/m1/s1. The van der Waals surface area contributed by atoms with Crippen LogP contribution in [0.25, 0.3) is 0 Å². The van der Waals surface area contributed by atoms with Gasteiger partial charge in [0.2, 0.25) is 5.91 Å². The Labute approximate surface area is 122 Å². The van der Waals surface area contributed by atoms with E-state index in [0.717, 1.165) is 24.9 Å². The van der Waals surface area contributed by atoms with Gasteiger partial charge >= 0.3 is 0 Å². The van der Waals surface area contributed by atoms with Crippen molar-refractivity contribution in [3.63, 3.8) is 0 Å². The smallest absolute Gasteiger partial charge is 0.226 e. The van der Waals surface area contributed by atoms with E-state index in [1.807, 2.05) is 17.0 Å². The van der Waals surface area contributed by atoms with Crippen molar-refractivity contribution in [1.82, 2.24) is 4.90 Å². The molecule has 0 aromatic heterocycles. The van der Waals surface area contributed by atoms with Crippen molar-refractivity contribution in [1.29, 1.82) is 0 Å². The number of halogens is 2. The second kappa shape index (κ2) is 4.97. The van der Waals surface area contributed by atoms with Crippen molar-refractivity contribution in [3.8, 4) is 0 Å². The van der Waals surface area contributed by atoms with Crippen LogP contribution in [0.3, 0.4) is 0 Å². The summed E-state index contributed by atoms with van der Waals surface area (Å²) < 4.78 is 0. The van der Waals surface area contributed by atoms with Crippen LogP contribution in [-0.4, -0.2) is 29.9 Å². The molecule has 2 unspecified atom stereocenters. The Kier molecular flexibility index (Phi) is 3.46. The minimum Gasteiger partial charge on any atom is -0.341 e. The van der Waals surface area contributed by atoms with E-state index < -0.39 is 0 Å². The molecule has 2 fully saturated rings. The molecule has 2 aliphatic rings. The largest absolute Gasteiger partial charge is 0.341 e. The van der Waals surface area contributed by atoms with E-state index in [1.165, 1.54) is 0 Å². The predicted octanol–water partition coefficient (Wildman–Crippen LogP) is 2.66. The van der Waals surface area contributed by atoms with Gasteiger partial charge in [0.05, 0.1) is 0 Å². The molecule has 2 N–H and O–H groups in total. The number of amides is 1. The summed E-state index contributed by atoms with van der Waals surface area (Å²) in [6, 6.07) is 5.66. The molecule has 1 aliphatic carbocycles. The molecule has 3 nitrogen and oxygen atoms in total. The highest BCUT2D eigenvalue weighted by Crippen LogP contribution is 2.49. The fraction of sp³-hybridized carbons (Fsp3) is 0.500. The molecule has 5 heteroatoms. The highest BCUT2D eigenvalue weighted by atomic mass is 35.5. The molecule has 3 atom stereocenters. The SMILES string of the molecule is N[C@@H]1CCN(C(=O)C2CC2c2cc(Cl)cc(Cl)c2)C1. The molecular formula is C14H16Cl2N2O. The van der Waals surface area contributed by atoms with Crippen LogP contribution < -0.4 is 5.73 Å². The molecule has 1 amide bonds. The molecule has 1 aromatic rings. The summed E-state index contributed by atoms with van der Waals surface area (Å²) in [5, 5.41) is 1.26. The van der Waals surface area contributed by atoms with Crippen LogP contribution in [-0.2, 0) is 4.79 Å². The summed E-state index contributed by atoms with van der Waals surface area (Å²) in [5.41, 5.74) is 6.91. The summed E-state index contributed by atoms with van der Waals surface area (Å²) >= 11 is 12.0. The van der Waals surface area contributed by atoms with E-state index in [4.69, 9.17) is 28.9 Å². The monoisotopic (exact) mass is 298 g/mol. The highest BCUT2D eigenvalue weighted by molar-refractivity contribution is 6.34. The second-order valence-corrected chi connectivity index (χ2v) is 6.36. The fourth-order valence-electron chi connectivity index (χ4n) is 2.85. The topological polar surface area (TPSA) is 46.3 Å². The Morgan fingerprint density at radius 3 is 2.53 bits per heavy atom. The van der Waals surface area contributed by atoms with Gasteiger partial charge in [0, 0.05) is 35.1 Å². The van der Waals surface area contributed by atoms with Crippen LogP contribution in [0.1, 0.15) is 24.3 Å². The molecule has 0 radical (unpaired) electrons. The van der Waals surface area contributed by atoms with Crippen molar-refractivity contribution in [2.75, 3.05) is 13.1 Å². The van der Waals surface area contributed by atoms with Gasteiger partial charge in [-0.3, -0.25) is 4.79 Å². The van der Waals surface area contributed by atoms with E-state index in [2.05, 4.69) is 0 Å². The van der Waals surface area contributed by atoms with Crippen LogP contribution in [0.5, 0.6) is 0 Å². The van der Waals surface area contributed by atoms with Gasteiger partial charge < -0.3 is 10.6 Å². The van der Waals surface area contributed by atoms with Gasteiger partial charge in [0.1, 0.15) is 0 Å². The quantitative estimate of drug-likeness (QED) is 0.912. The lowest BCUT2D eigenvalue weighted by atomic mass is 10.1. The zero-order chi connectivity index (χ0) is 13.6. The van der Waals surface area contributed by atoms with Gasteiger partial charge in [0.25, 0.3) is 0 Å². The van der Waals surface area contributed by atoms with Crippen LogP contribution in [0.4, 0.5) is 0 Å². The third kappa shape index (κ3) is 2.73. The molecule has 0 bridgehead atoms. The van der Waals surface area contributed by atoms with Crippen molar-refractivity contribution >= 4 is 29.1 Å². The number of nitrogens with two attached hydrogens (primary N) is 1. The van der Waals surface area contributed by atoms with Crippen LogP contribution >= 0.6 is 23.2 Å². The number of likely N-dealkylation sites (tertiary alicyclic amines) is 1. The van der Waals surface area contributed by atoms with Gasteiger partial charge in [-0.15, -0.1) is 0 Å².